The molecule has 0 atom stereocenters. The Hall–Kier alpha value is -0.0700. The first-order chi connectivity index (χ1) is 8.29. The van der Waals surface area contributed by atoms with Crippen molar-refractivity contribution in [1.82, 2.24) is 10.2 Å². The number of hydrogen-bond donors (Lipinski definition) is 2. The fraction of sp³-hybridized carbons (Fsp3) is 0.923. The van der Waals surface area contributed by atoms with E-state index in [0.717, 1.165) is 26.3 Å². The molecule has 3 N–H and O–H groups in total. The third-order valence-electron chi connectivity index (χ3n) is 3.67. The number of morpholine rings is 1. The minimum atomic E-state index is -0.499. The summed E-state index contributed by atoms with van der Waals surface area (Å²) in [6.45, 7) is 12.4. The van der Waals surface area contributed by atoms with Gasteiger partial charge in [0, 0.05) is 31.7 Å². The van der Waals surface area contributed by atoms with Crippen molar-refractivity contribution in [2.75, 3.05) is 39.4 Å². The highest BCUT2D eigenvalue weighted by molar-refractivity contribution is 5.85. The first-order valence-electron chi connectivity index (χ1n) is 6.61. The SMILES string of the molecule is CC(C)(CN)C(=O)NCC(C)(C)N1CCOCC1.Cl.Cl. The minimum absolute atomic E-state index is 0. The Morgan fingerprint density at radius 1 is 1.20 bits per heavy atom. The van der Waals surface area contributed by atoms with Gasteiger partial charge in [-0.05, 0) is 27.7 Å². The zero-order valence-electron chi connectivity index (χ0n) is 12.9. The predicted molar refractivity (Wildman–Crippen MR) is 86.8 cm³/mol. The number of hydrogen-bond acceptors (Lipinski definition) is 4. The quantitative estimate of drug-likeness (QED) is 0.790. The number of halogens is 2. The third kappa shape index (κ3) is 6.14. The summed E-state index contributed by atoms with van der Waals surface area (Å²) in [6.07, 6.45) is 0. The maximum atomic E-state index is 12.0. The number of rotatable bonds is 5. The monoisotopic (exact) mass is 329 g/mol. The summed E-state index contributed by atoms with van der Waals surface area (Å²) in [6, 6.07) is 0. The molecule has 1 fully saturated rings. The highest BCUT2D eigenvalue weighted by atomic mass is 35.5. The average Bonchev–Trinajstić information content (AvgIpc) is 2.37. The van der Waals surface area contributed by atoms with E-state index in [9.17, 15) is 4.79 Å². The second kappa shape index (κ2) is 9.05. The van der Waals surface area contributed by atoms with Crippen molar-refractivity contribution in [2.24, 2.45) is 11.1 Å². The molecule has 0 aliphatic carbocycles. The Bertz CT molecular complexity index is 293. The van der Waals surface area contributed by atoms with Gasteiger partial charge in [-0.3, -0.25) is 9.69 Å². The highest BCUT2D eigenvalue weighted by Gasteiger charge is 2.31. The van der Waals surface area contributed by atoms with Gasteiger partial charge < -0.3 is 15.8 Å². The van der Waals surface area contributed by atoms with Crippen molar-refractivity contribution < 1.29 is 9.53 Å². The second-order valence-corrected chi connectivity index (χ2v) is 6.18. The number of carbonyl (C=O) groups is 1. The lowest BCUT2D eigenvalue weighted by atomic mass is 9.92. The maximum Gasteiger partial charge on any atom is 0.226 e. The lowest BCUT2D eigenvalue weighted by Gasteiger charge is -2.41. The van der Waals surface area contributed by atoms with E-state index in [-0.39, 0.29) is 36.3 Å². The molecule has 0 spiro atoms. The number of nitrogens with two attached hydrogens (primary N) is 1. The van der Waals surface area contributed by atoms with E-state index in [1.807, 2.05) is 13.8 Å². The Morgan fingerprint density at radius 3 is 2.15 bits per heavy atom. The maximum absolute atomic E-state index is 12.0. The first-order valence-corrected chi connectivity index (χ1v) is 6.61. The van der Waals surface area contributed by atoms with Crippen molar-refractivity contribution >= 4 is 30.7 Å². The van der Waals surface area contributed by atoms with Gasteiger partial charge in [0.05, 0.1) is 18.6 Å². The largest absolute Gasteiger partial charge is 0.379 e. The summed E-state index contributed by atoms with van der Waals surface area (Å²) in [4.78, 5) is 14.3. The Morgan fingerprint density at radius 2 is 1.70 bits per heavy atom. The molecule has 7 heteroatoms. The molecule has 0 aromatic rings. The van der Waals surface area contributed by atoms with E-state index in [0.29, 0.717) is 13.1 Å². The van der Waals surface area contributed by atoms with Gasteiger partial charge in [-0.1, -0.05) is 0 Å². The number of ether oxygens (including phenoxy) is 1. The van der Waals surface area contributed by atoms with Gasteiger partial charge in [-0.25, -0.2) is 0 Å². The zero-order chi connectivity index (χ0) is 13.8. The third-order valence-corrected chi connectivity index (χ3v) is 3.67. The van der Waals surface area contributed by atoms with Crippen LogP contribution in [-0.2, 0) is 9.53 Å². The van der Waals surface area contributed by atoms with Crippen molar-refractivity contribution in [3.63, 3.8) is 0 Å². The van der Waals surface area contributed by atoms with E-state index >= 15 is 0 Å². The molecule has 1 amide bonds. The zero-order valence-corrected chi connectivity index (χ0v) is 14.5. The van der Waals surface area contributed by atoms with E-state index in [2.05, 4.69) is 24.1 Å². The van der Waals surface area contributed by atoms with Crippen LogP contribution in [0.15, 0.2) is 0 Å². The van der Waals surface area contributed by atoms with Crippen LogP contribution in [0.4, 0.5) is 0 Å². The van der Waals surface area contributed by atoms with Crippen LogP contribution in [0.5, 0.6) is 0 Å². The van der Waals surface area contributed by atoms with Gasteiger partial charge in [0.15, 0.2) is 0 Å². The van der Waals surface area contributed by atoms with Crippen LogP contribution in [0.25, 0.3) is 0 Å². The fourth-order valence-corrected chi connectivity index (χ4v) is 1.91. The predicted octanol–water partition coefficient (Wildman–Crippen LogP) is 1.04. The number of nitrogens with zero attached hydrogens (tertiary/aromatic N) is 1. The molecular weight excluding hydrogens is 301 g/mol. The fourth-order valence-electron chi connectivity index (χ4n) is 1.91. The normalized spacial score (nSPS) is 16.9. The second-order valence-electron chi connectivity index (χ2n) is 6.18. The molecule has 1 saturated heterocycles. The van der Waals surface area contributed by atoms with Crippen LogP contribution < -0.4 is 11.1 Å². The van der Waals surface area contributed by atoms with Crippen molar-refractivity contribution in [2.45, 2.75) is 33.2 Å². The van der Waals surface area contributed by atoms with E-state index < -0.39 is 5.41 Å². The lowest BCUT2D eigenvalue weighted by Crippen LogP contribution is -2.56. The standard InChI is InChI=1S/C13H27N3O2.2ClH/c1-12(2,9-14)11(17)15-10-13(3,4)16-5-7-18-8-6-16;;/h5-10,14H2,1-4H3,(H,15,17);2*1H. The van der Waals surface area contributed by atoms with Crippen LogP contribution in [0.1, 0.15) is 27.7 Å². The molecule has 0 saturated carbocycles. The molecule has 1 rings (SSSR count). The Labute approximate surface area is 134 Å². The average molecular weight is 330 g/mol. The smallest absolute Gasteiger partial charge is 0.226 e. The molecule has 20 heavy (non-hydrogen) atoms. The minimum Gasteiger partial charge on any atom is -0.379 e. The van der Waals surface area contributed by atoms with E-state index in [1.165, 1.54) is 0 Å². The summed E-state index contributed by atoms with van der Waals surface area (Å²) in [5.74, 6) is 0.0198. The summed E-state index contributed by atoms with van der Waals surface area (Å²) in [5, 5.41) is 3.01. The van der Waals surface area contributed by atoms with Gasteiger partial charge in [0.25, 0.3) is 0 Å². The molecule has 5 nitrogen and oxygen atoms in total. The molecule has 1 aliphatic heterocycles. The first kappa shape index (κ1) is 22.2. The number of nitrogens with one attached hydrogen (secondary N) is 1. The van der Waals surface area contributed by atoms with Gasteiger partial charge in [-0.15, -0.1) is 24.8 Å². The van der Waals surface area contributed by atoms with Gasteiger partial charge >= 0.3 is 0 Å². The van der Waals surface area contributed by atoms with Crippen molar-refractivity contribution in [3.8, 4) is 0 Å². The van der Waals surface area contributed by atoms with Crippen LogP contribution in [0, 0.1) is 5.41 Å². The molecule has 0 aromatic heterocycles. The molecule has 0 radical (unpaired) electrons. The summed E-state index contributed by atoms with van der Waals surface area (Å²) < 4.78 is 5.35. The summed E-state index contributed by atoms with van der Waals surface area (Å²) >= 11 is 0. The molecular formula is C13H29Cl2N3O2. The molecule has 0 bridgehead atoms. The van der Waals surface area contributed by atoms with Crippen molar-refractivity contribution in [3.05, 3.63) is 0 Å². The van der Waals surface area contributed by atoms with Crippen LogP contribution in [0.3, 0.4) is 0 Å². The van der Waals surface area contributed by atoms with Gasteiger partial charge in [0.2, 0.25) is 5.91 Å². The van der Waals surface area contributed by atoms with Crippen LogP contribution in [-0.4, -0.2) is 55.7 Å². The summed E-state index contributed by atoms with van der Waals surface area (Å²) in [7, 11) is 0. The van der Waals surface area contributed by atoms with E-state index in [1.54, 1.807) is 0 Å². The molecule has 1 aliphatic rings. The molecule has 122 valence electrons. The highest BCUT2D eigenvalue weighted by Crippen LogP contribution is 2.17. The summed E-state index contributed by atoms with van der Waals surface area (Å²) in [5.41, 5.74) is 5.05. The number of amides is 1. The molecule has 1 heterocycles. The Kier molecular flexibility index (Phi) is 10.1. The lowest BCUT2D eigenvalue weighted by molar-refractivity contribution is -0.129. The number of carbonyl (C=O) groups excluding carboxylic acids is 1. The van der Waals surface area contributed by atoms with Crippen LogP contribution in [0.2, 0.25) is 0 Å². The van der Waals surface area contributed by atoms with Crippen molar-refractivity contribution in [1.29, 1.82) is 0 Å². The topological polar surface area (TPSA) is 67.6 Å². The van der Waals surface area contributed by atoms with Crippen LogP contribution >= 0.6 is 24.8 Å². The molecule has 0 unspecified atom stereocenters. The van der Waals surface area contributed by atoms with E-state index in [4.69, 9.17) is 10.5 Å². The van der Waals surface area contributed by atoms with Gasteiger partial charge in [0.1, 0.15) is 0 Å². The Balaban J connectivity index is 0. The van der Waals surface area contributed by atoms with Gasteiger partial charge in [-0.2, -0.15) is 0 Å². The molecule has 0 aromatic carbocycles.